The van der Waals surface area contributed by atoms with Crippen LogP contribution in [0.1, 0.15) is 16.1 Å². The molecule has 0 saturated heterocycles. The molecule has 0 fully saturated rings. The van der Waals surface area contributed by atoms with Gasteiger partial charge in [0.05, 0.1) is 0 Å². The molecular formula is C13H11FN2O4S. The summed E-state index contributed by atoms with van der Waals surface area (Å²) in [5, 5.41) is 2.61. The first kappa shape index (κ1) is 14.9. The molecule has 1 aromatic heterocycles. The number of aryl methyl sites for hydroxylation is 1. The summed E-state index contributed by atoms with van der Waals surface area (Å²) in [6.45, 7) is 1.76. The molecule has 2 rings (SSSR count). The molecule has 8 heteroatoms. The SMILES string of the molecule is Cc1cc(C(=O)Nc2ccc(OS(=O)(=O)F)cc2)ccn1. The number of carbonyl (C=O) groups is 1. The summed E-state index contributed by atoms with van der Waals surface area (Å²) >= 11 is 0. The third kappa shape index (κ3) is 4.53. The quantitative estimate of drug-likeness (QED) is 0.875. The first-order chi connectivity index (χ1) is 9.83. The Bertz CT molecular complexity index is 760. The molecule has 0 bridgehead atoms. The molecule has 0 aliphatic carbocycles. The van der Waals surface area contributed by atoms with Gasteiger partial charge in [0.25, 0.3) is 5.91 Å². The molecule has 0 aliphatic heterocycles. The van der Waals surface area contributed by atoms with E-state index in [0.717, 1.165) is 0 Å². The molecular weight excluding hydrogens is 299 g/mol. The highest BCUT2D eigenvalue weighted by molar-refractivity contribution is 7.81. The van der Waals surface area contributed by atoms with Crippen molar-refractivity contribution in [3.05, 3.63) is 53.9 Å². The lowest BCUT2D eigenvalue weighted by Crippen LogP contribution is -2.12. The van der Waals surface area contributed by atoms with Crippen molar-refractivity contribution in [1.82, 2.24) is 4.98 Å². The Hall–Kier alpha value is -2.48. The molecule has 21 heavy (non-hydrogen) atoms. The fourth-order valence-electron chi connectivity index (χ4n) is 1.60. The summed E-state index contributed by atoms with van der Waals surface area (Å²) in [4.78, 5) is 15.9. The maximum Gasteiger partial charge on any atom is 0.488 e. The molecule has 0 spiro atoms. The third-order valence-corrected chi connectivity index (χ3v) is 2.86. The average Bonchev–Trinajstić information content (AvgIpc) is 2.39. The van der Waals surface area contributed by atoms with E-state index in [4.69, 9.17) is 0 Å². The minimum absolute atomic E-state index is 0.185. The fourth-order valence-corrected chi connectivity index (χ4v) is 1.94. The van der Waals surface area contributed by atoms with Crippen LogP contribution in [0.5, 0.6) is 5.75 Å². The highest BCUT2D eigenvalue weighted by Crippen LogP contribution is 2.18. The van der Waals surface area contributed by atoms with Gasteiger partial charge in [-0.15, -0.1) is 0 Å². The van der Waals surface area contributed by atoms with Gasteiger partial charge >= 0.3 is 10.5 Å². The Balaban J connectivity index is 2.08. The fraction of sp³-hybridized carbons (Fsp3) is 0.0769. The van der Waals surface area contributed by atoms with E-state index in [-0.39, 0.29) is 11.7 Å². The monoisotopic (exact) mass is 310 g/mol. The summed E-state index contributed by atoms with van der Waals surface area (Å²) in [5.74, 6) is -0.525. The Morgan fingerprint density at radius 3 is 2.48 bits per heavy atom. The first-order valence-electron chi connectivity index (χ1n) is 5.82. The van der Waals surface area contributed by atoms with E-state index in [0.29, 0.717) is 16.9 Å². The molecule has 110 valence electrons. The Kier molecular flexibility index (Phi) is 4.18. The second-order valence-corrected chi connectivity index (χ2v) is 5.09. The minimum atomic E-state index is -5.06. The number of benzene rings is 1. The molecule has 1 heterocycles. The van der Waals surface area contributed by atoms with Crippen LogP contribution >= 0.6 is 0 Å². The van der Waals surface area contributed by atoms with Crippen molar-refractivity contribution in [2.75, 3.05) is 5.32 Å². The lowest BCUT2D eigenvalue weighted by molar-refractivity contribution is 0.102. The zero-order valence-electron chi connectivity index (χ0n) is 10.9. The van der Waals surface area contributed by atoms with E-state index >= 15 is 0 Å². The number of pyridine rings is 1. The number of nitrogens with zero attached hydrogens (tertiary/aromatic N) is 1. The predicted molar refractivity (Wildman–Crippen MR) is 74.0 cm³/mol. The number of halogens is 1. The smallest absolute Gasteiger partial charge is 0.358 e. The van der Waals surface area contributed by atoms with Gasteiger partial charge in [-0.25, -0.2) is 0 Å². The van der Waals surface area contributed by atoms with E-state index in [1.807, 2.05) is 0 Å². The van der Waals surface area contributed by atoms with Crippen molar-refractivity contribution in [3.8, 4) is 5.75 Å². The van der Waals surface area contributed by atoms with Crippen LogP contribution in [0.15, 0.2) is 42.6 Å². The van der Waals surface area contributed by atoms with Gasteiger partial charge in [-0.3, -0.25) is 9.78 Å². The van der Waals surface area contributed by atoms with Gasteiger partial charge in [0.1, 0.15) is 5.75 Å². The number of hydrogen-bond acceptors (Lipinski definition) is 5. The van der Waals surface area contributed by atoms with Crippen molar-refractivity contribution in [2.24, 2.45) is 0 Å². The van der Waals surface area contributed by atoms with Crippen molar-refractivity contribution in [1.29, 1.82) is 0 Å². The second-order valence-electron chi connectivity index (χ2n) is 4.14. The molecule has 0 unspecified atom stereocenters. The Morgan fingerprint density at radius 2 is 1.90 bits per heavy atom. The number of nitrogens with one attached hydrogen (secondary N) is 1. The van der Waals surface area contributed by atoms with E-state index < -0.39 is 10.5 Å². The van der Waals surface area contributed by atoms with Gasteiger partial charge < -0.3 is 9.50 Å². The van der Waals surface area contributed by atoms with Gasteiger partial charge in [0.2, 0.25) is 0 Å². The standard InChI is InChI=1S/C13H11FN2O4S/c1-9-8-10(6-7-15-9)13(17)16-11-2-4-12(5-3-11)20-21(14,18)19/h2-8H,1H3,(H,16,17). The maximum absolute atomic E-state index is 12.3. The molecule has 0 atom stereocenters. The summed E-state index contributed by atoms with van der Waals surface area (Å²) in [6, 6.07) is 8.44. The third-order valence-electron chi connectivity index (χ3n) is 2.47. The van der Waals surface area contributed by atoms with Crippen LogP contribution in [0, 0.1) is 6.92 Å². The Labute approximate surface area is 121 Å². The normalized spacial score (nSPS) is 11.0. The highest BCUT2D eigenvalue weighted by Gasteiger charge is 2.10. The molecule has 2 aromatic rings. The van der Waals surface area contributed by atoms with Crippen molar-refractivity contribution >= 4 is 22.1 Å². The average molecular weight is 310 g/mol. The number of rotatable bonds is 4. The van der Waals surface area contributed by atoms with Gasteiger partial charge in [0, 0.05) is 23.1 Å². The molecule has 0 aliphatic rings. The Morgan fingerprint density at radius 1 is 1.24 bits per heavy atom. The van der Waals surface area contributed by atoms with Crippen LogP contribution in [0.25, 0.3) is 0 Å². The van der Waals surface area contributed by atoms with Crippen molar-refractivity contribution < 1.29 is 21.3 Å². The van der Waals surface area contributed by atoms with Crippen LogP contribution < -0.4 is 9.50 Å². The zero-order chi connectivity index (χ0) is 15.5. The van der Waals surface area contributed by atoms with E-state index in [1.165, 1.54) is 30.5 Å². The van der Waals surface area contributed by atoms with Crippen LogP contribution in [0.4, 0.5) is 9.57 Å². The largest absolute Gasteiger partial charge is 0.488 e. The number of hydrogen-bond donors (Lipinski definition) is 1. The van der Waals surface area contributed by atoms with Gasteiger partial charge in [0.15, 0.2) is 0 Å². The maximum atomic E-state index is 12.3. The molecule has 1 amide bonds. The molecule has 1 aromatic carbocycles. The van der Waals surface area contributed by atoms with E-state index in [2.05, 4.69) is 14.5 Å². The van der Waals surface area contributed by atoms with Crippen LogP contribution in [0.3, 0.4) is 0 Å². The van der Waals surface area contributed by atoms with Crippen LogP contribution in [-0.2, 0) is 10.5 Å². The van der Waals surface area contributed by atoms with Crippen LogP contribution in [-0.4, -0.2) is 19.3 Å². The second kappa shape index (κ2) is 5.88. The molecule has 1 N–H and O–H groups in total. The zero-order valence-corrected chi connectivity index (χ0v) is 11.7. The minimum Gasteiger partial charge on any atom is -0.358 e. The number of aromatic nitrogens is 1. The topological polar surface area (TPSA) is 85.4 Å². The van der Waals surface area contributed by atoms with Gasteiger partial charge in [-0.2, -0.15) is 8.42 Å². The van der Waals surface area contributed by atoms with Gasteiger partial charge in [-0.1, -0.05) is 3.89 Å². The van der Waals surface area contributed by atoms with Crippen LogP contribution in [0.2, 0.25) is 0 Å². The lowest BCUT2D eigenvalue weighted by atomic mass is 10.2. The molecule has 0 radical (unpaired) electrons. The van der Waals surface area contributed by atoms with Gasteiger partial charge in [-0.05, 0) is 43.3 Å². The number of amides is 1. The van der Waals surface area contributed by atoms with E-state index in [1.54, 1.807) is 19.1 Å². The van der Waals surface area contributed by atoms with Crippen molar-refractivity contribution in [2.45, 2.75) is 6.92 Å². The highest BCUT2D eigenvalue weighted by atomic mass is 32.3. The summed E-state index contributed by atoms with van der Waals surface area (Å²) in [5.41, 5.74) is 1.56. The lowest BCUT2D eigenvalue weighted by Gasteiger charge is -2.06. The summed E-state index contributed by atoms with van der Waals surface area (Å²) < 4.78 is 37.0. The molecule has 0 saturated carbocycles. The summed E-state index contributed by atoms with van der Waals surface area (Å²) in [7, 11) is -5.06. The summed E-state index contributed by atoms with van der Waals surface area (Å²) in [6.07, 6.45) is 1.52. The first-order valence-corrected chi connectivity index (χ1v) is 7.12. The number of anilines is 1. The number of carbonyl (C=O) groups excluding carboxylic acids is 1. The van der Waals surface area contributed by atoms with E-state index in [9.17, 15) is 17.1 Å². The predicted octanol–water partition coefficient (Wildman–Crippen LogP) is 2.24. The van der Waals surface area contributed by atoms with Crippen molar-refractivity contribution in [3.63, 3.8) is 0 Å². The molecule has 6 nitrogen and oxygen atoms in total.